The van der Waals surface area contributed by atoms with Gasteiger partial charge in [-0.2, -0.15) is 0 Å². The lowest BCUT2D eigenvalue weighted by Crippen LogP contribution is -2.57. The summed E-state index contributed by atoms with van der Waals surface area (Å²) in [6.45, 7) is 22.7. The van der Waals surface area contributed by atoms with Crippen molar-refractivity contribution < 1.29 is 14.0 Å². The molecule has 36 heavy (non-hydrogen) atoms. The SMILES string of the molecule is C=CCN1C[C@H](C)N([C@H](c2ccc(C(=O)OC)cc2)c2cccc(O[Si](C)(C)C(C)(C)C)c2)C[C@H]1C. The molecule has 3 rings (SSSR count). The van der Waals surface area contributed by atoms with Crippen LogP contribution < -0.4 is 4.43 Å². The average Bonchev–Trinajstić information content (AvgIpc) is 2.81. The molecule has 0 N–H and O–H groups in total. The van der Waals surface area contributed by atoms with Crippen LogP contribution in [0.4, 0.5) is 0 Å². The third-order valence-corrected chi connectivity index (χ3v) is 12.2. The Bertz CT molecular complexity index is 1040. The molecule has 0 aliphatic carbocycles. The van der Waals surface area contributed by atoms with E-state index in [2.05, 4.69) is 100 Å². The molecule has 0 saturated carbocycles. The molecular formula is C30H44N2O3Si. The quantitative estimate of drug-likeness (QED) is 0.230. The highest BCUT2D eigenvalue weighted by atomic mass is 28.4. The normalized spacial score (nSPS) is 20.6. The van der Waals surface area contributed by atoms with Crippen LogP contribution in [0.15, 0.2) is 61.2 Å². The second kappa shape index (κ2) is 11.3. The monoisotopic (exact) mass is 508 g/mol. The van der Waals surface area contributed by atoms with Crippen LogP contribution in [0, 0.1) is 0 Å². The van der Waals surface area contributed by atoms with Gasteiger partial charge in [-0.25, -0.2) is 4.79 Å². The van der Waals surface area contributed by atoms with Crippen molar-refractivity contribution in [3.05, 3.63) is 77.9 Å². The fraction of sp³-hybridized carbons (Fsp3) is 0.500. The van der Waals surface area contributed by atoms with Gasteiger partial charge in [0.15, 0.2) is 0 Å². The van der Waals surface area contributed by atoms with Crippen LogP contribution in [0.3, 0.4) is 0 Å². The summed E-state index contributed by atoms with van der Waals surface area (Å²) >= 11 is 0. The van der Waals surface area contributed by atoms with Gasteiger partial charge < -0.3 is 9.16 Å². The van der Waals surface area contributed by atoms with E-state index in [-0.39, 0.29) is 17.0 Å². The summed E-state index contributed by atoms with van der Waals surface area (Å²) in [5.41, 5.74) is 2.92. The average molecular weight is 509 g/mol. The van der Waals surface area contributed by atoms with E-state index in [0.717, 1.165) is 30.9 Å². The van der Waals surface area contributed by atoms with Crippen LogP contribution in [-0.4, -0.2) is 62.9 Å². The van der Waals surface area contributed by atoms with Crippen LogP contribution in [0.25, 0.3) is 0 Å². The van der Waals surface area contributed by atoms with Crippen molar-refractivity contribution in [1.82, 2.24) is 9.80 Å². The van der Waals surface area contributed by atoms with Crippen LogP contribution >= 0.6 is 0 Å². The van der Waals surface area contributed by atoms with Crippen molar-refractivity contribution >= 4 is 14.3 Å². The summed E-state index contributed by atoms with van der Waals surface area (Å²) in [6, 6.07) is 17.3. The first kappa shape index (κ1) is 28.2. The van der Waals surface area contributed by atoms with Gasteiger partial charge in [0.1, 0.15) is 5.75 Å². The predicted octanol–water partition coefficient (Wildman–Crippen LogP) is 6.53. The van der Waals surface area contributed by atoms with E-state index in [1.807, 2.05) is 18.2 Å². The summed E-state index contributed by atoms with van der Waals surface area (Å²) in [5, 5.41) is 0.123. The minimum Gasteiger partial charge on any atom is -0.543 e. The van der Waals surface area contributed by atoms with Crippen LogP contribution in [-0.2, 0) is 4.74 Å². The molecule has 196 valence electrons. The molecule has 0 spiro atoms. The third kappa shape index (κ3) is 6.28. The van der Waals surface area contributed by atoms with Gasteiger partial charge >= 0.3 is 5.97 Å². The van der Waals surface area contributed by atoms with E-state index < -0.39 is 8.32 Å². The summed E-state index contributed by atoms with van der Waals surface area (Å²) in [5.74, 6) is 0.615. The number of methoxy groups -OCH3 is 1. The second-order valence-corrected chi connectivity index (χ2v) is 16.3. The van der Waals surface area contributed by atoms with Crippen molar-refractivity contribution in [2.45, 2.75) is 70.9 Å². The first-order valence-electron chi connectivity index (χ1n) is 13.0. The molecular weight excluding hydrogens is 464 g/mol. The van der Waals surface area contributed by atoms with Crippen molar-refractivity contribution in [2.75, 3.05) is 26.7 Å². The Labute approximate surface area is 219 Å². The van der Waals surface area contributed by atoms with Gasteiger partial charge in [0.25, 0.3) is 0 Å². The lowest BCUT2D eigenvalue weighted by atomic mass is 9.93. The van der Waals surface area contributed by atoms with E-state index in [1.54, 1.807) is 0 Å². The van der Waals surface area contributed by atoms with Gasteiger partial charge in [-0.3, -0.25) is 9.80 Å². The lowest BCUT2D eigenvalue weighted by Gasteiger charge is -2.47. The number of hydrogen-bond acceptors (Lipinski definition) is 5. The summed E-state index contributed by atoms with van der Waals surface area (Å²) < 4.78 is 11.6. The molecule has 2 aromatic rings. The van der Waals surface area contributed by atoms with E-state index >= 15 is 0 Å². The van der Waals surface area contributed by atoms with E-state index in [0.29, 0.717) is 17.6 Å². The summed E-state index contributed by atoms with van der Waals surface area (Å²) in [7, 11) is -0.555. The number of carbonyl (C=O) groups is 1. The molecule has 2 aromatic carbocycles. The Kier molecular flexibility index (Phi) is 8.86. The zero-order valence-electron chi connectivity index (χ0n) is 23.4. The zero-order chi connectivity index (χ0) is 26.7. The van der Waals surface area contributed by atoms with Crippen LogP contribution in [0.2, 0.25) is 18.1 Å². The molecule has 0 amide bonds. The van der Waals surface area contributed by atoms with Crippen LogP contribution in [0.1, 0.15) is 62.1 Å². The second-order valence-electron chi connectivity index (χ2n) is 11.6. The Hall–Kier alpha value is -2.41. The molecule has 0 aromatic heterocycles. The van der Waals surface area contributed by atoms with Gasteiger partial charge in [-0.15, -0.1) is 6.58 Å². The minimum atomic E-state index is -1.97. The maximum Gasteiger partial charge on any atom is 0.337 e. The zero-order valence-corrected chi connectivity index (χ0v) is 24.4. The highest BCUT2D eigenvalue weighted by molar-refractivity contribution is 6.74. The summed E-state index contributed by atoms with van der Waals surface area (Å²) in [4.78, 5) is 17.1. The van der Waals surface area contributed by atoms with Crippen molar-refractivity contribution in [3.8, 4) is 5.75 Å². The molecule has 0 bridgehead atoms. The lowest BCUT2D eigenvalue weighted by molar-refractivity contribution is 0.0306. The number of piperazine rings is 1. The van der Waals surface area contributed by atoms with E-state index in [1.165, 1.54) is 12.7 Å². The van der Waals surface area contributed by atoms with Gasteiger partial charge in [0.05, 0.1) is 18.7 Å². The molecule has 6 heteroatoms. The number of benzene rings is 2. The van der Waals surface area contributed by atoms with Gasteiger partial charge in [0.2, 0.25) is 8.32 Å². The van der Waals surface area contributed by atoms with Crippen molar-refractivity contribution in [1.29, 1.82) is 0 Å². The number of hydrogen-bond donors (Lipinski definition) is 0. The third-order valence-electron chi connectivity index (χ3n) is 7.86. The first-order chi connectivity index (χ1) is 16.9. The Morgan fingerprint density at radius 1 is 1.08 bits per heavy atom. The Morgan fingerprint density at radius 3 is 2.33 bits per heavy atom. The van der Waals surface area contributed by atoms with Crippen molar-refractivity contribution in [3.63, 3.8) is 0 Å². The van der Waals surface area contributed by atoms with Crippen molar-refractivity contribution in [2.24, 2.45) is 0 Å². The summed E-state index contributed by atoms with van der Waals surface area (Å²) in [6.07, 6.45) is 1.99. The molecule has 1 saturated heterocycles. The fourth-order valence-corrected chi connectivity index (χ4v) is 5.72. The smallest absolute Gasteiger partial charge is 0.337 e. The fourth-order valence-electron chi connectivity index (χ4n) is 4.70. The number of carbonyl (C=O) groups excluding carboxylic acids is 1. The Balaban J connectivity index is 2.03. The van der Waals surface area contributed by atoms with Gasteiger partial charge in [-0.1, -0.05) is 51.1 Å². The highest BCUT2D eigenvalue weighted by Crippen LogP contribution is 2.39. The van der Waals surface area contributed by atoms with E-state index in [9.17, 15) is 4.79 Å². The molecule has 1 aliphatic rings. The van der Waals surface area contributed by atoms with Gasteiger partial charge in [-0.05, 0) is 67.4 Å². The highest BCUT2D eigenvalue weighted by Gasteiger charge is 2.39. The maximum absolute atomic E-state index is 12.1. The van der Waals surface area contributed by atoms with Gasteiger partial charge in [0, 0.05) is 31.7 Å². The molecule has 5 nitrogen and oxygen atoms in total. The number of rotatable bonds is 8. The molecule has 1 fully saturated rings. The number of ether oxygens (including phenoxy) is 1. The number of nitrogens with zero attached hydrogens (tertiary/aromatic N) is 2. The van der Waals surface area contributed by atoms with Crippen LogP contribution in [0.5, 0.6) is 5.75 Å². The number of esters is 1. The molecule has 1 aliphatic heterocycles. The largest absolute Gasteiger partial charge is 0.543 e. The molecule has 0 radical (unpaired) electrons. The Morgan fingerprint density at radius 2 is 1.75 bits per heavy atom. The molecule has 1 heterocycles. The predicted molar refractivity (Wildman–Crippen MR) is 151 cm³/mol. The topological polar surface area (TPSA) is 42.0 Å². The molecule has 0 unspecified atom stereocenters. The maximum atomic E-state index is 12.1. The first-order valence-corrected chi connectivity index (χ1v) is 15.9. The minimum absolute atomic E-state index is 0.0444. The van der Waals surface area contributed by atoms with E-state index in [4.69, 9.17) is 9.16 Å². The molecule has 3 atom stereocenters. The standard InChI is InChI=1S/C30H44N2O3Si/c1-10-18-31-20-23(3)32(21-22(31)2)28(24-14-16-25(17-15-24)29(33)34-7)26-12-11-13-27(19-26)35-36(8,9)30(4,5)6/h10-17,19,22-23,28H,1,18,20-21H2,2-9H3/t22-,23+,28-/m1/s1.